The molecule has 98 valence electrons. The number of rotatable bonds is 6. The third kappa shape index (κ3) is 2.71. The molecule has 0 spiro atoms. The Morgan fingerprint density at radius 2 is 1.94 bits per heavy atom. The molecule has 1 aromatic rings. The van der Waals surface area contributed by atoms with E-state index in [4.69, 9.17) is 0 Å². The lowest BCUT2D eigenvalue weighted by molar-refractivity contribution is -0.117. The number of Topliss-reactive ketones (excluding diaryl/α,β-unsaturated/α-hetero) is 2. The highest BCUT2D eigenvalue weighted by molar-refractivity contribution is 5.97. The van der Waals surface area contributed by atoms with E-state index in [1.165, 1.54) is 18.5 Å². The lowest BCUT2D eigenvalue weighted by atomic mass is 10.1. The molecule has 2 rings (SSSR count). The van der Waals surface area contributed by atoms with Crippen LogP contribution >= 0.6 is 0 Å². The van der Waals surface area contributed by atoms with Gasteiger partial charge in [-0.3, -0.25) is 4.79 Å². The average Bonchev–Trinajstić information content (AvgIpc) is 3.05. The molecule has 1 heterocycles. The summed E-state index contributed by atoms with van der Waals surface area (Å²) in [6.07, 6.45) is 4.12. The van der Waals surface area contributed by atoms with E-state index in [2.05, 4.69) is 11.5 Å². The highest BCUT2D eigenvalue weighted by Gasteiger charge is 2.28. The summed E-state index contributed by atoms with van der Waals surface area (Å²) in [5.41, 5.74) is 3.13. The van der Waals surface area contributed by atoms with Gasteiger partial charge in [-0.05, 0) is 46.1 Å². The van der Waals surface area contributed by atoms with Crippen LogP contribution in [0.4, 0.5) is 0 Å². The molecule has 1 fully saturated rings. The molecule has 0 aliphatic heterocycles. The van der Waals surface area contributed by atoms with Gasteiger partial charge < -0.3 is 9.36 Å². The molecule has 0 atom stereocenters. The molecule has 0 radical (unpaired) electrons. The Morgan fingerprint density at radius 3 is 2.50 bits per heavy atom. The summed E-state index contributed by atoms with van der Waals surface area (Å²) < 4.78 is 2.29. The van der Waals surface area contributed by atoms with E-state index in [1.54, 1.807) is 6.92 Å². The van der Waals surface area contributed by atoms with E-state index >= 15 is 0 Å². The zero-order chi connectivity index (χ0) is 13.3. The summed E-state index contributed by atoms with van der Waals surface area (Å²) in [6.45, 7) is 5.67. The second-order valence-electron chi connectivity index (χ2n) is 5.36. The molecule has 1 aliphatic carbocycles. The first kappa shape index (κ1) is 13.1. The lowest BCUT2D eigenvalue weighted by Crippen LogP contribution is -2.04. The van der Waals surface area contributed by atoms with Crippen molar-refractivity contribution in [3.05, 3.63) is 23.0 Å². The van der Waals surface area contributed by atoms with E-state index in [1.807, 2.05) is 13.0 Å². The van der Waals surface area contributed by atoms with Crippen LogP contribution in [-0.4, -0.2) is 16.1 Å². The fourth-order valence-corrected chi connectivity index (χ4v) is 2.59. The van der Waals surface area contributed by atoms with Crippen LogP contribution in [0.15, 0.2) is 6.07 Å². The molecule has 0 unspecified atom stereocenters. The van der Waals surface area contributed by atoms with Gasteiger partial charge in [-0.2, -0.15) is 0 Å². The maximum Gasteiger partial charge on any atom is 0.164 e. The molecule has 1 aromatic heterocycles. The fraction of sp³-hybridized carbons (Fsp3) is 0.600. The van der Waals surface area contributed by atoms with Gasteiger partial charge in [0.15, 0.2) is 5.78 Å². The minimum Gasteiger partial charge on any atom is -0.345 e. The van der Waals surface area contributed by atoms with Crippen molar-refractivity contribution in [1.82, 2.24) is 4.57 Å². The standard InChI is InChI=1S/C15H21NO2/c1-10-9-14(12(3)16(10)13-7-8-13)15(18)6-4-5-11(2)17/h9,13H,4-8H2,1-3H3. The molecule has 0 amide bonds. The minimum atomic E-state index is 0.159. The second-order valence-corrected chi connectivity index (χ2v) is 5.36. The minimum absolute atomic E-state index is 0.159. The van der Waals surface area contributed by atoms with Gasteiger partial charge >= 0.3 is 0 Å². The number of hydrogen-bond acceptors (Lipinski definition) is 2. The quantitative estimate of drug-likeness (QED) is 0.723. The van der Waals surface area contributed by atoms with E-state index in [0.29, 0.717) is 25.3 Å². The summed E-state index contributed by atoms with van der Waals surface area (Å²) in [5, 5.41) is 0. The summed E-state index contributed by atoms with van der Waals surface area (Å²) >= 11 is 0. The van der Waals surface area contributed by atoms with E-state index in [-0.39, 0.29) is 11.6 Å². The fourth-order valence-electron chi connectivity index (χ4n) is 2.59. The molecule has 0 aromatic carbocycles. The molecule has 1 saturated carbocycles. The number of carbonyl (C=O) groups is 2. The summed E-state index contributed by atoms with van der Waals surface area (Å²) in [5.74, 6) is 0.336. The van der Waals surface area contributed by atoms with Crippen LogP contribution in [0.5, 0.6) is 0 Å². The number of aryl methyl sites for hydroxylation is 1. The first-order chi connectivity index (χ1) is 8.50. The van der Waals surface area contributed by atoms with E-state index in [0.717, 1.165) is 11.3 Å². The molecule has 0 bridgehead atoms. The maximum absolute atomic E-state index is 12.1. The highest BCUT2D eigenvalue weighted by atomic mass is 16.1. The molecule has 1 aliphatic rings. The highest BCUT2D eigenvalue weighted by Crippen LogP contribution is 2.38. The van der Waals surface area contributed by atoms with Crippen molar-refractivity contribution in [3.8, 4) is 0 Å². The van der Waals surface area contributed by atoms with Gasteiger partial charge in [-0.15, -0.1) is 0 Å². The average molecular weight is 247 g/mol. The number of aromatic nitrogens is 1. The van der Waals surface area contributed by atoms with Crippen molar-refractivity contribution < 1.29 is 9.59 Å². The molecule has 0 N–H and O–H groups in total. The van der Waals surface area contributed by atoms with Crippen molar-refractivity contribution in [2.45, 2.75) is 58.9 Å². The largest absolute Gasteiger partial charge is 0.345 e. The molecular weight excluding hydrogens is 226 g/mol. The van der Waals surface area contributed by atoms with Crippen LogP contribution in [-0.2, 0) is 4.79 Å². The summed E-state index contributed by atoms with van der Waals surface area (Å²) in [6, 6.07) is 2.62. The monoisotopic (exact) mass is 247 g/mol. The van der Waals surface area contributed by atoms with Gasteiger partial charge in [-0.1, -0.05) is 0 Å². The van der Waals surface area contributed by atoms with Crippen LogP contribution < -0.4 is 0 Å². The molecule has 18 heavy (non-hydrogen) atoms. The molecule has 0 saturated heterocycles. The van der Waals surface area contributed by atoms with Crippen molar-refractivity contribution >= 4 is 11.6 Å². The first-order valence-electron chi connectivity index (χ1n) is 6.71. The summed E-state index contributed by atoms with van der Waals surface area (Å²) in [4.78, 5) is 23.0. The second kappa shape index (κ2) is 5.09. The van der Waals surface area contributed by atoms with Crippen LogP contribution in [0.2, 0.25) is 0 Å². The topological polar surface area (TPSA) is 39.1 Å². The van der Waals surface area contributed by atoms with Crippen molar-refractivity contribution in [2.24, 2.45) is 0 Å². The number of hydrogen-bond donors (Lipinski definition) is 0. The maximum atomic E-state index is 12.1. The lowest BCUT2D eigenvalue weighted by Gasteiger charge is -2.07. The van der Waals surface area contributed by atoms with Gasteiger partial charge in [0, 0.05) is 35.8 Å². The predicted molar refractivity (Wildman–Crippen MR) is 71.0 cm³/mol. The van der Waals surface area contributed by atoms with Crippen LogP contribution in [0.3, 0.4) is 0 Å². The van der Waals surface area contributed by atoms with Gasteiger partial charge in [0.05, 0.1) is 0 Å². The Kier molecular flexibility index (Phi) is 3.69. The molecular formula is C15H21NO2. The van der Waals surface area contributed by atoms with Crippen molar-refractivity contribution in [1.29, 1.82) is 0 Å². The molecule has 3 nitrogen and oxygen atoms in total. The van der Waals surface area contributed by atoms with Crippen LogP contribution in [0.25, 0.3) is 0 Å². The van der Waals surface area contributed by atoms with Gasteiger partial charge in [0.25, 0.3) is 0 Å². The predicted octanol–water partition coefficient (Wildman–Crippen LogP) is 3.38. The Balaban J connectivity index is 2.06. The third-order valence-corrected chi connectivity index (χ3v) is 3.63. The Hall–Kier alpha value is -1.38. The zero-order valence-electron chi connectivity index (χ0n) is 11.5. The smallest absolute Gasteiger partial charge is 0.164 e. The first-order valence-corrected chi connectivity index (χ1v) is 6.71. The number of ketones is 2. The zero-order valence-corrected chi connectivity index (χ0v) is 11.5. The van der Waals surface area contributed by atoms with Gasteiger partial charge in [0.1, 0.15) is 5.78 Å². The normalized spacial score (nSPS) is 14.8. The number of nitrogens with zero attached hydrogens (tertiary/aromatic N) is 1. The van der Waals surface area contributed by atoms with Crippen molar-refractivity contribution in [3.63, 3.8) is 0 Å². The Bertz CT molecular complexity index is 481. The van der Waals surface area contributed by atoms with Crippen LogP contribution in [0.1, 0.15) is 66.8 Å². The Morgan fingerprint density at radius 1 is 1.28 bits per heavy atom. The molecule has 3 heteroatoms. The van der Waals surface area contributed by atoms with Gasteiger partial charge in [0.2, 0.25) is 0 Å². The SMILES string of the molecule is CC(=O)CCCC(=O)c1cc(C)n(C2CC2)c1C. The Labute approximate surface area is 108 Å². The van der Waals surface area contributed by atoms with Crippen LogP contribution in [0, 0.1) is 13.8 Å². The third-order valence-electron chi connectivity index (χ3n) is 3.63. The van der Waals surface area contributed by atoms with E-state index in [9.17, 15) is 9.59 Å². The summed E-state index contributed by atoms with van der Waals surface area (Å²) in [7, 11) is 0. The van der Waals surface area contributed by atoms with E-state index < -0.39 is 0 Å². The van der Waals surface area contributed by atoms with Crippen molar-refractivity contribution in [2.75, 3.05) is 0 Å². The number of carbonyl (C=O) groups excluding carboxylic acids is 2. The van der Waals surface area contributed by atoms with Gasteiger partial charge in [-0.25, -0.2) is 0 Å².